The lowest BCUT2D eigenvalue weighted by molar-refractivity contribution is -0.143. The summed E-state index contributed by atoms with van der Waals surface area (Å²) in [6.07, 6.45) is 1.77. The van der Waals surface area contributed by atoms with Crippen LogP contribution in [0.15, 0.2) is 30.5 Å². The number of amides is 4. The zero-order valence-corrected chi connectivity index (χ0v) is 22.3. The fourth-order valence-corrected chi connectivity index (χ4v) is 4.15. The van der Waals surface area contributed by atoms with Gasteiger partial charge in [-0.1, -0.05) is 32.0 Å². The van der Waals surface area contributed by atoms with Gasteiger partial charge in [0.15, 0.2) is 0 Å². The maximum atomic E-state index is 12.9. The first-order valence-corrected chi connectivity index (χ1v) is 12.9. The van der Waals surface area contributed by atoms with Crippen LogP contribution in [0.25, 0.3) is 10.9 Å². The van der Waals surface area contributed by atoms with E-state index < -0.39 is 53.8 Å². The number of carboxylic acids is 1. The van der Waals surface area contributed by atoms with Gasteiger partial charge in [0.05, 0.1) is 6.04 Å². The lowest BCUT2D eigenvalue weighted by Gasteiger charge is -2.25. The summed E-state index contributed by atoms with van der Waals surface area (Å²) in [4.78, 5) is 64.5. The summed E-state index contributed by atoms with van der Waals surface area (Å²) in [7, 11) is 0. The van der Waals surface area contributed by atoms with E-state index in [0.29, 0.717) is 0 Å². The third-order valence-corrected chi connectivity index (χ3v) is 6.27. The van der Waals surface area contributed by atoms with Gasteiger partial charge in [-0.2, -0.15) is 12.6 Å². The Morgan fingerprint density at radius 1 is 0.974 bits per heavy atom. The van der Waals surface area contributed by atoms with E-state index in [9.17, 15) is 29.1 Å². The van der Waals surface area contributed by atoms with Gasteiger partial charge in [-0.05, 0) is 36.8 Å². The van der Waals surface area contributed by atoms with Crippen molar-refractivity contribution in [2.45, 2.75) is 63.7 Å². The second-order valence-electron chi connectivity index (χ2n) is 9.51. The normalized spacial score (nSPS) is 14.3. The molecule has 0 bridgehead atoms. The van der Waals surface area contributed by atoms with Crippen molar-refractivity contribution in [2.75, 3.05) is 5.75 Å². The lowest BCUT2D eigenvalue weighted by Crippen LogP contribution is -2.58. The Kier molecular flexibility index (Phi) is 11.6. The molecule has 0 aliphatic carbocycles. The van der Waals surface area contributed by atoms with E-state index in [1.807, 2.05) is 24.3 Å². The molecule has 0 radical (unpaired) electrons. The molecule has 4 unspecified atom stereocenters. The topological polar surface area (TPSA) is 209 Å². The minimum Gasteiger partial charge on any atom is -0.480 e. The Labute approximate surface area is 226 Å². The molecule has 4 atom stereocenters. The SMILES string of the molecule is CC(C)CC(NC(=O)C(CCC(N)=O)NC(=O)C(CS)NC(=O)C(N)Cc1c[nH]c2ccccc12)C(=O)O. The zero-order chi connectivity index (χ0) is 28.4. The quantitative estimate of drug-likeness (QED) is 0.141. The lowest BCUT2D eigenvalue weighted by atomic mass is 10.0. The van der Waals surface area contributed by atoms with Crippen LogP contribution in [0.5, 0.6) is 0 Å². The molecule has 0 aliphatic rings. The maximum Gasteiger partial charge on any atom is 0.326 e. The molecule has 9 N–H and O–H groups in total. The van der Waals surface area contributed by atoms with Gasteiger partial charge in [0.2, 0.25) is 23.6 Å². The van der Waals surface area contributed by atoms with E-state index in [0.717, 1.165) is 16.5 Å². The minimum atomic E-state index is -1.26. The predicted octanol–water partition coefficient (Wildman–Crippen LogP) is -0.182. The summed E-state index contributed by atoms with van der Waals surface area (Å²) < 4.78 is 0. The number of benzene rings is 1. The van der Waals surface area contributed by atoms with Crippen LogP contribution in [0.1, 0.15) is 38.7 Å². The molecule has 38 heavy (non-hydrogen) atoms. The van der Waals surface area contributed by atoms with Gasteiger partial charge < -0.3 is 37.5 Å². The number of hydrogen-bond acceptors (Lipinski definition) is 7. The Bertz CT molecular complexity index is 1150. The summed E-state index contributed by atoms with van der Waals surface area (Å²) in [6.45, 7) is 3.61. The van der Waals surface area contributed by atoms with Gasteiger partial charge in [-0.25, -0.2) is 4.79 Å². The number of aromatic nitrogens is 1. The van der Waals surface area contributed by atoms with Crippen molar-refractivity contribution < 1.29 is 29.1 Å². The number of para-hydroxylation sites is 1. The molecule has 208 valence electrons. The van der Waals surface area contributed by atoms with Gasteiger partial charge in [0.25, 0.3) is 0 Å². The Hall–Kier alpha value is -3.58. The van der Waals surface area contributed by atoms with Gasteiger partial charge >= 0.3 is 5.97 Å². The average molecular weight is 549 g/mol. The standard InChI is InChI=1S/C25H36N6O6S/c1-13(2)9-19(25(36)37)30-23(34)18(7-8-21(27)32)29-24(35)20(12-38)31-22(33)16(26)10-14-11-28-17-6-4-3-5-15(14)17/h3-6,11,13,16,18-20,28,38H,7-10,12,26H2,1-2H3,(H2,27,32)(H,29,35)(H,30,34)(H,31,33)(H,36,37). The van der Waals surface area contributed by atoms with E-state index in [1.54, 1.807) is 20.0 Å². The molecule has 0 spiro atoms. The van der Waals surface area contributed by atoms with Crippen LogP contribution in [-0.2, 0) is 30.4 Å². The van der Waals surface area contributed by atoms with Gasteiger partial charge in [0, 0.05) is 29.3 Å². The van der Waals surface area contributed by atoms with E-state index >= 15 is 0 Å². The van der Waals surface area contributed by atoms with Crippen molar-refractivity contribution in [1.82, 2.24) is 20.9 Å². The highest BCUT2D eigenvalue weighted by Crippen LogP contribution is 2.18. The Morgan fingerprint density at radius 3 is 2.18 bits per heavy atom. The number of primary amides is 1. The number of thiol groups is 1. The molecule has 4 amide bonds. The molecule has 2 aromatic rings. The number of nitrogens with two attached hydrogens (primary N) is 2. The van der Waals surface area contributed by atoms with Crippen molar-refractivity contribution >= 4 is 53.1 Å². The number of H-pyrrole nitrogens is 1. The monoisotopic (exact) mass is 548 g/mol. The first-order valence-electron chi connectivity index (χ1n) is 12.3. The summed E-state index contributed by atoms with van der Waals surface area (Å²) in [6, 6.07) is 3.01. The fraction of sp³-hybridized carbons (Fsp3) is 0.480. The van der Waals surface area contributed by atoms with Crippen LogP contribution in [0, 0.1) is 5.92 Å². The maximum absolute atomic E-state index is 12.9. The fourth-order valence-electron chi connectivity index (χ4n) is 3.90. The van der Waals surface area contributed by atoms with Crippen molar-refractivity contribution in [2.24, 2.45) is 17.4 Å². The average Bonchev–Trinajstić information content (AvgIpc) is 3.26. The van der Waals surface area contributed by atoms with Crippen molar-refractivity contribution in [1.29, 1.82) is 0 Å². The smallest absolute Gasteiger partial charge is 0.326 e. The van der Waals surface area contributed by atoms with E-state index in [2.05, 4.69) is 33.6 Å². The number of carbonyl (C=O) groups is 5. The first kappa shape index (κ1) is 30.6. The molecule has 12 nitrogen and oxygen atoms in total. The minimum absolute atomic E-state index is 0.0210. The number of rotatable bonds is 15. The largest absolute Gasteiger partial charge is 0.480 e. The van der Waals surface area contributed by atoms with Crippen LogP contribution in [0.4, 0.5) is 0 Å². The Balaban J connectivity index is 2.06. The van der Waals surface area contributed by atoms with Crippen LogP contribution < -0.4 is 27.4 Å². The van der Waals surface area contributed by atoms with E-state index in [4.69, 9.17) is 11.5 Å². The first-order chi connectivity index (χ1) is 17.9. The molecule has 0 saturated carbocycles. The highest BCUT2D eigenvalue weighted by atomic mass is 32.1. The van der Waals surface area contributed by atoms with Gasteiger partial charge in [-0.15, -0.1) is 0 Å². The van der Waals surface area contributed by atoms with Crippen LogP contribution in [-0.4, -0.2) is 69.6 Å². The molecule has 0 saturated heterocycles. The molecule has 1 aromatic heterocycles. The number of fused-ring (bicyclic) bond motifs is 1. The summed E-state index contributed by atoms with van der Waals surface area (Å²) in [5.41, 5.74) is 13.0. The van der Waals surface area contributed by atoms with Crippen LogP contribution in [0.2, 0.25) is 0 Å². The second-order valence-corrected chi connectivity index (χ2v) is 9.87. The zero-order valence-electron chi connectivity index (χ0n) is 21.4. The van der Waals surface area contributed by atoms with Crippen molar-refractivity contribution in [3.8, 4) is 0 Å². The van der Waals surface area contributed by atoms with Crippen molar-refractivity contribution in [3.63, 3.8) is 0 Å². The molecule has 1 heterocycles. The van der Waals surface area contributed by atoms with Gasteiger partial charge in [-0.3, -0.25) is 19.2 Å². The van der Waals surface area contributed by atoms with Crippen LogP contribution in [0.3, 0.4) is 0 Å². The second kappa shape index (κ2) is 14.4. The van der Waals surface area contributed by atoms with Crippen molar-refractivity contribution in [3.05, 3.63) is 36.0 Å². The Morgan fingerprint density at radius 2 is 1.58 bits per heavy atom. The summed E-state index contributed by atoms with van der Waals surface area (Å²) >= 11 is 4.14. The molecule has 13 heteroatoms. The van der Waals surface area contributed by atoms with Crippen LogP contribution >= 0.6 is 12.6 Å². The number of hydrogen-bond donors (Lipinski definition) is 8. The summed E-state index contributed by atoms with van der Waals surface area (Å²) in [5.74, 6) is -4.17. The third kappa shape index (κ3) is 9.06. The highest BCUT2D eigenvalue weighted by molar-refractivity contribution is 7.80. The number of aromatic amines is 1. The highest BCUT2D eigenvalue weighted by Gasteiger charge is 2.30. The number of aliphatic carboxylic acids is 1. The number of carbonyl (C=O) groups excluding carboxylic acids is 4. The summed E-state index contributed by atoms with van der Waals surface area (Å²) in [5, 5.41) is 17.8. The van der Waals surface area contributed by atoms with E-state index in [1.165, 1.54) is 0 Å². The molecule has 1 aromatic carbocycles. The number of carboxylic acid groups (broad SMARTS) is 1. The molecular formula is C25H36N6O6S. The third-order valence-electron chi connectivity index (χ3n) is 5.90. The molecule has 0 fully saturated rings. The molecular weight excluding hydrogens is 512 g/mol. The molecule has 2 rings (SSSR count). The molecule has 0 aliphatic heterocycles. The van der Waals surface area contributed by atoms with Gasteiger partial charge in [0.1, 0.15) is 18.1 Å². The number of nitrogens with one attached hydrogen (secondary N) is 4. The van der Waals surface area contributed by atoms with E-state index in [-0.39, 0.29) is 37.4 Å². The predicted molar refractivity (Wildman–Crippen MR) is 145 cm³/mol.